The van der Waals surface area contributed by atoms with Crippen molar-refractivity contribution >= 4 is 11.9 Å². The van der Waals surface area contributed by atoms with Crippen LogP contribution in [0, 0.1) is 0 Å². The molecule has 0 aliphatic heterocycles. The molecule has 0 amide bonds. The maximum Gasteiger partial charge on any atom is 0.334 e. The van der Waals surface area contributed by atoms with E-state index >= 15 is 0 Å². The average Bonchev–Trinajstić information content (AvgIpc) is 2.94. The highest BCUT2D eigenvalue weighted by Gasteiger charge is 2.23. The fourth-order valence-electron chi connectivity index (χ4n) is 5.01. The molecule has 0 atom stereocenters. The van der Waals surface area contributed by atoms with Crippen molar-refractivity contribution in [3.63, 3.8) is 0 Å². The van der Waals surface area contributed by atoms with Gasteiger partial charge in [0.25, 0.3) is 0 Å². The molecule has 0 saturated carbocycles. The Bertz CT molecular complexity index is 595. The van der Waals surface area contributed by atoms with Crippen LogP contribution < -0.4 is 0 Å². The molecular formula is C35H66O4. The minimum atomic E-state index is -0.286. The lowest BCUT2D eigenvalue weighted by Gasteiger charge is -2.15. The molecule has 4 nitrogen and oxygen atoms in total. The van der Waals surface area contributed by atoms with Gasteiger partial charge in [-0.1, -0.05) is 150 Å². The second kappa shape index (κ2) is 29.7. The summed E-state index contributed by atoms with van der Waals surface area (Å²) >= 11 is 0. The molecule has 39 heavy (non-hydrogen) atoms. The van der Waals surface area contributed by atoms with Gasteiger partial charge in [0.2, 0.25) is 0 Å². The molecule has 0 heterocycles. The van der Waals surface area contributed by atoms with Crippen LogP contribution in [0.25, 0.3) is 0 Å². The summed E-state index contributed by atoms with van der Waals surface area (Å²) in [5.41, 5.74) is 1.18. The third-order valence-electron chi connectivity index (χ3n) is 7.63. The van der Waals surface area contributed by atoms with Crippen LogP contribution in [0.1, 0.15) is 188 Å². The largest absolute Gasteiger partial charge is 0.462 e. The van der Waals surface area contributed by atoms with E-state index in [4.69, 9.17) is 9.47 Å². The Balaban J connectivity index is 5.14. The fraction of sp³-hybridized carbons (Fsp3) is 0.886. The number of carbonyl (C=O) groups excluding carboxylic acids is 2. The van der Waals surface area contributed by atoms with Gasteiger partial charge in [0.05, 0.1) is 13.2 Å². The summed E-state index contributed by atoms with van der Waals surface area (Å²) in [6, 6.07) is 0. The van der Waals surface area contributed by atoms with Crippen molar-refractivity contribution in [3.05, 3.63) is 11.1 Å². The van der Waals surface area contributed by atoms with E-state index in [9.17, 15) is 9.59 Å². The van der Waals surface area contributed by atoms with Gasteiger partial charge in [0.1, 0.15) is 0 Å². The summed E-state index contributed by atoms with van der Waals surface area (Å²) in [4.78, 5) is 26.5. The molecule has 0 aromatic heterocycles. The lowest BCUT2D eigenvalue weighted by molar-refractivity contribution is -0.142. The van der Waals surface area contributed by atoms with Gasteiger partial charge in [0.15, 0.2) is 0 Å². The predicted molar refractivity (Wildman–Crippen MR) is 167 cm³/mol. The van der Waals surface area contributed by atoms with Crippen LogP contribution in [0.5, 0.6) is 0 Å². The fourth-order valence-corrected chi connectivity index (χ4v) is 5.01. The SMILES string of the molecule is CCCCCCCCCCC(C(=O)OCCCCCCCC)=C(CCCCC)C(=O)OCCCCCCCC. The van der Waals surface area contributed by atoms with E-state index in [1.54, 1.807) is 0 Å². The zero-order valence-corrected chi connectivity index (χ0v) is 26.7. The predicted octanol–water partition coefficient (Wildman–Crippen LogP) is 11.2. The van der Waals surface area contributed by atoms with Gasteiger partial charge in [0, 0.05) is 11.1 Å². The van der Waals surface area contributed by atoms with Crippen LogP contribution in [-0.4, -0.2) is 25.2 Å². The summed E-state index contributed by atoms with van der Waals surface area (Å²) in [6.07, 6.45) is 27.8. The van der Waals surface area contributed by atoms with Gasteiger partial charge < -0.3 is 9.47 Å². The van der Waals surface area contributed by atoms with Crippen LogP contribution in [0.3, 0.4) is 0 Å². The highest BCUT2D eigenvalue weighted by molar-refractivity contribution is 6.00. The molecule has 0 aliphatic rings. The molecule has 0 unspecified atom stereocenters. The Kier molecular flexibility index (Phi) is 28.7. The minimum absolute atomic E-state index is 0.283. The molecule has 0 rings (SSSR count). The van der Waals surface area contributed by atoms with E-state index in [-0.39, 0.29) is 11.9 Å². The smallest absolute Gasteiger partial charge is 0.334 e. The first-order valence-electron chi connectivity index (χ1n) is 17.2. The maximum absolute atomic E-state index is 13.3. The minimum Gasteiger partial charge on any atom is -0.462 e. The van der Waals surface area contributed by atoms with Crippen LogP contribution in [-0.2, 0) is 19.1 Å². The number of ether oxygens (including phenoxy) is 2. The van der Waals surface area contributed by atoms with E-state index in [1.807, 2.05) is 0 Å². The number of esters is 2. The van der Waals surface area contributed by atoms with E-state index in [2.05, 4.69) is 27.7 Å². The monoisotopic (exact) mass is 550 g/mol. The highest BCUT2D eigenvalue weighted by Crippen LogP contribution is 2.23. The normalized spacial score (nSPS) is 11.9. The number of carbonyl (C=O) groups is 2. The molecule has 0 spiro atoms. The van der Waals surface area contributed by atoms with Crippen LogP contribution in [0.4, 0.5) is 0 Å². The molecule has 0 aromatic carbocycles. The Labute approximate surface area is 243 Å². The highest BCUT2D eigenvalue weighted by atomic mass is 16.5. The topological polar surface area (TPSA) is 52.6 Å². The zero-order valence-electron chi connectivity index (χ0n) is 26.7. The van der Waals surface area contributed by atoms with Crippen molar-refractivity contribution < 1.29 is 19.1 Å². The van der Waals surface area contributed by atoms with Crippen molar-refractivity contribution in [3.8, 4) is 0 Å². The molecule has 0 fully saturated rings. The molecule has 4 heteroatoms. The van der Waals surface area contributed by atoms with E-state index in [1.165, 1.54) is 89.9 Å². The molecule has 0 N–H and O–H groups in total. The Hall–Kier alpha value is -1.32. The third-order valence-corrected chi connectivity index (χ3v) is 7.63. The van der Waals surface area contributed by atoms with Gasteiger partial charge in [-0.15, -0.1) is 0 Å². The Morgan fingerprint density at radius 1 is 0.359 bits per heavy atom. The van der Waals surface area contributed by atoms with Crippen molar-refractivity contribution in [2.24, 2.45) is 0 Å². The standard InChI is InChI=1S/C35H66O4/c1-5-9-13-16-19-20-21-25-29-33(35(37)39-31-27-23-18-15-11-7-3)32(28-24-12-8-4)34(36)38-30-26-22-17-14-10-6-2/h5-31H2,1-4H3. The first-order valence-corrected chi connectivity index (χ1v) is 17.2. The van der Waals surface area contributed by atoms with Crippen LogP contribution in [0.2, 0.25) is 0 Å². The summed E-state index contributed by atoms with van der Waals surface area (Å²) in [5, 5.41) is 0. The van der Waals surface area contributed by atoms with Crippen molar-refractivity contribution in [2.45, 2.75) is 188 Å². The number of rotatable bonds is 29. The van der Waals surface area contributed by atoms with Gasteiger partial charge in [-0.25, -0.2) is 9.59 Å². The van der Waals surface area contributed by atoms with Crippen molar-refractivity contribution in [1.29, 1.82) is 0 Å². The van der Waals surface area contributed by atoms with Crippen LogP contribution >= 0.6 is 0 Å². The molecule has 230 valence electrons. The quantitative estimate of drug-likeness (QED) is 0.0528. The van der Waals surface area contributed by atoms with Crippen LogP contribution in [0.15, 0.2) is 11.1 Å². The van der Waals surface area contributed by atoms with E-state index in [0.717, 1.165) is 57.8 Å². The zero-order chi connectivity index (χ0) is 28.8. The summed E-state index contributed by atoms with van der Waals surface area (Å²) < 4.78 is 11.5. The first-order chi connectivity index (χ1) is 19.1. The maximum atomic E-state index is 13.3. The Morgan fingerprint density at radius 2 is 0.615 bits per heavy atom. The lowest BCUT2D eigenvalue weighted by Crippen LogP contribution is -2.18. The first kappa shape index (κ1) is 37.7. The third kappa shape index (κ3) is 23.1. The number of hydrogen-bond donors (Lipinski definition) is 0. The van der Waals surface area contributed by atoms with E-state index < -0.39 is 0 Å². The van der Waals surface area contributed by atoms with Gasteiger partial charge in [-0.05, 0) is 38.5 Å². The van der Waals surface area contributed by atoms with E-state index in [0.29, 0.717) is 37.2 Å². The molecule has 0 aliphatic carbocycles. The second-order valence-electron chi connectivity index (χ2n) is 11.4. The summed E-state index contributed by atoms with van der Waals surface area (Å²) in [7, 11) is 0. The summed E-state index contributed by atoms with van der Waals surface area (Å²) in [6.45, 7) is 9.74. The Morgan fingerprint density at radius 3 is 0.974 bits per heavy atom. The molecule has 0 bridgehead atoms. The van der Waals surface area contributed by atoms with Gasteiger partial charge in [-0.2, -0.15) is 0 Å². The molecule has 0 saturated heterocycles. The molecule has 0 radical (unpaired) electrons. The number of hydrogen-bond acceptors (Lipinski definition) is 4. The average molecular weight is 551 g/mol. The van der Waals surface area contributed by atoms with Gasteiger partial charge in [-0.3, -0.25) is 0 Å². The van der Waals surface area contributed by atoms with Crippen molar-refractivity contribution in [1.82, 2.24) is 0 Å². The lowest BCUT2D eigenvalue weighted by atomic mass is 9.96. The molecular weight excluding hydrogens is 484 g/mol. The summed E-state index contributed by atoms with van der Waals surface area (Å²) in [5.74, 6) is -0.569. The van der Waals surface area contributed by atoms with Gasteiger partial charge >= 0.3 is 11.9 Å². The van der Waals surface area contributed by atoms with Crippen molar-refractivity contribution in [2.75, 3.05) is 13.2 Å². The second-order valence-corrected chi connectivity index (χ2v) is 11.4. The molecule has 0 aromatic rings. The number of unbranched alkanes of at least 4 members (excludes halogenated alkanes) is 19.